The highest BCUT2D eigenvalue weighted by Crippen LogP contribution is 2.25. The predicted octanol–water partition coefficient (Wildman–Crippen LogP) is 0.976. The van der Waals surface area contributed by atoms with Crippen molar-refractivity contribution in [1.82, 2.24) is 19.7 Å². The second-order valence-electron chi connectivity index (χ2n) is 5.34. The van der Waals surface area contributed by atoms with Gasteiger partial charge >= 0.3 is 6.09 Å². The van der Waals surface area contributed by atoms with Crippen LogP contribution >= 0.6 is 0 Å². The van der Waals surface area contributed by atoms with E-state index in [1.165, 1.54) is 4.90 Å². The molecule has 1 aliphatic rings. The molecule has 2 amide bonds. The Balaban J connectivity index is 1.85. The molecule has 0 unspecified atom stereocenters. The molecule has 1 saturated heterocycles. The highest BCUT2D eigenvalue weighted by Gasteiger charge is 2.25. The van der Waals surface area contributed by atoms with Crippen molar-refractivity contribution in [3.8, 4) is 0 Å². The smallest absolute Gasteiger partial charge is 0.410 e. The van der Waals surface area contributed by atoms with Crippen LogP contribution in [0.15, 0.2) is 6.07 Å². The monoisotopic (exact) mass is 303 g/mol. The molecule has 0 saturated carbocycles. The molecule has 0 radical (unpaired) electrons. The van der Waals surface area contributed by atoms with E-state index in [-0.39, 0.29) is 12.5 Å². The van der Waals surface area contributed by atoms with Gasteiger partial charge in [0, 0.05) is 12.7 Å². The van der Waals surface area contributed by atoms with Gasteiger partial charge in [0.05, 0.1) is 11.9 Å². The number of carbonyl (C=O) groups is 2. The average molecular weight is 303 g/mol. The fourth-order valence-corrected chi connectivity index (χ4v) is 2.59. The number of cyclic esters (lactones) is 1. The Bertz CT molecular complexity index is 767. The molecule has 1 fully saturated rings. The molecule has 8 nitrogen and oxygen atoms in total. The first-order valence-electron chi connectivity index (χ1n) is 6.98. The third-order valence-electron chi connectivity index (χ3n) is 3.56. The highest BCUT2D eigenvalue weighted by atomic mass is 16.6. The molecule has 0 spiro atoms. The number of rotatable bonds is 3. The number of nitrogens with zero attached hydrogens (tertiary/aromatic N) is 4. The number of hydrogen-bond donors (Lipinski definition) is 1. The van der Waals surface area contributed by atoms with E-state index in [0.717, 1.165) is 16.6 Å². The van der Waals surface area contributed by atoms with Gasteiger partial charge in [0.15, 0.2) is 11.5 Å². The summed E-state index contributed by atoms with van der Waals surface area (Å²) < 4.78 is 6.43. The third kappa shape index (κ3) is 2.47. The number of carbonyl (C=O) groups excluding carboxylic acids is 2. The van der Waals surface area contributed by atoms with Crippen molar-refractivity contribution in [3.05, 3.63) is 17.3 Å². The van der Waals surface area contributed by atoms with E-state index in [0.29, 0.717) is 24.6 Å². The minimum atomic E-state index is -0.463. The van der Waals surface area contributed by atoms with Crippen molar-refractivity contribution < 1.29 is 14.3 Å². The lowest BCUT2D eigenvalue weighted by Gasteiger charge is -2.11. The number of nitrogens with one attached hydrogen (secondary N) is 1. The molecule has 0 aromatic carbocycles. The van der Waals surface area contributed by atoms with Crippen LogP contribution in [-0.4, -0.2) is 51.4 Å². The van der Waals surface area contributed by atoms with Crippen LogP contribution in [0.4, 0.5) is 10.6 Å². The summed E-state index contributed by atoms with van der Waals surface area (Å²) in [6, 6.07) is 1.94. The molecule has 0 aliphatic carbocycles. The van der Waals surface area contributed by atoms with Crippen LogP contribution in [0.3, 0.4) is 0 Å². The van der Waals surface area contributed by atoms with Gasteiger partial charge in [-0.2, -0.15) is 5.10 Å². The van der Waals surface area contributed by atoms with Crippen LogP contribution in [0.5, 0.6) is 0 Å². The number of hydrogen-bond acceptors (Lipinski definition) is 5. The number of fused-ring (bicyclic) bond motifs is 1. The van der Waals surface area contributed by atoms with Crippen LogP contribution < -0.4 is 5.32 Å². The van der Waals surface area contributed by atoms with E-state index < -0.39 is 6.09 Å². The van der Waals surface area contributed by atoms with Gasteiger partial charge < -0.3 is 10.1 Å². The van der Waals surface area contributed by atoms with Crippen molar-refractivity contribution in [1.29, 1.82) is 0 Å². The van der Waals surface area contributed by atoms with Gasteiger partial charge in [0.2, 0.25) is 5.91 Å². The molecular weight excluding hydrogens is 286 g/mol. The number of ether oxygens (including phenoxy) is 1. The van der Waals surface area contributed by atoms with Gasteiger partial charge in [-0.05, 0) is 25.5 Å². The van der Waals surface area contributed by atoms with E-state index >= 15 is 0 Å². The molecule has 3 heterocycles. The van der Waals surface area contributed by atoms with Gasteiger partial charge in [-0.25, -0.2) is 14.5 Å². The molecular formula is C14H17N5O3. The van der Waals surface area contributed by atoms with Crippen molar-refractivity contribution in [3.63, 3.8) is 0 Å². The first kappa shape index (κ1) is 14.3. The van der Waals surface area contributed by atoms with Gasteiger partial charge in [0.25, 0.3) is 0 Å². The standard InChI is InChI=1S/C14H17N5O3/c1-8-6-9(2)15-13-11(8)12(17-18(13)3)16-10(20)7-19-4-5-22-14(19)21/h6H,4-5,7H2,1-3H3,(H,16,17,20). The second kappa shape index (κ2) is 5.28. The van der Waals surface area contributed by atoms with E-state index in [9.17, 15) is 9.59 Å². The summed E-state index contributed by atoms with van der Waals surface area (Å²) in [5.74, 6) is 0.152. The number of aryl methyl sites for hydroxylation is 3. The largest absolute Gasteiger partial charge is 0.448 e. The Kier molecular flexibility index (Phi) is 3.44. The summed E-state index contributed by atoms with van der Waals surface area (Å²) in [6.07, 6.45) is -0.463. The SMILES string of the molecule is Cc1cc(C)c2c(NC(=O)CN3CCOC3=O)nn(C)c2n1. The minimum Gasteiger partial charge on any atom is -0.448 e. The second-order valence-corrected chi connectivity index (χ2v) is 5.34. The van der Waals surface area contributed by atoms with Crippen LogP contribution in [-0.2, 0) is 16.6 Å². The molecule has 0 bridgehead atoms. The third-order valence-corrected chi connectivity index (χ3v) is 3.56. The minimum absolute atomic E-state index is 0.0464. The van der Waals surface area contributed by atoms with Gasteiger partial charge in [-0.1, -0.05) is 0 Å². The molecule has 22 heavy (non-hydrogen) atoms. The highest BCUT2D eigenvalue weighted by molar-refractivity contribution is 6.01. The maximum atomic E-state index is 12.1. The Morgan fingerprint density at radius 2 is 2.23 bits per heavy atom. The molecule has 3 rings (SSSR count). The molecule has 2 aromatic rings. The van der Waals surface area contributed by atoms with Gasteiger partial charge in [-0.3, -0.25) is 9.69 Å². The lowest BCUT2D eigenvalue weighted by molar-refractivity contribution is -0.116. The first-order valence-corrected chi connectivity index (χ1v) is 6.98. The van der Waals surface area contributed by atoms with Crippen molar-refractivity contribution in [2.45, 2.75) is 13.8 Å². The van der Waals surface area contributed by atoms with E-state index in [2.05, 4.69) is 15.4 Å². The maximum absolute atomic E-state index is 12.1. The molecule has 8 heteroatoms. The molecule has 1 N–H and O–H groups in total. The summed E-state index contributed by atoms with van der Waals surface area (Å²) in [4.78, 5) is 29.3. The maximum Gasteiger partial charge on any atom is 0.410 e. The molecule has 116 valence electrons. The van der Waals surface area contributed by atoms with Crippen LogP contribution in [0.1, 0.15) is 11.3 Å². The molecule has 1 aliphatic heterocycles. The van der Waals surface area contributed by atoms with E-state index in [4.69, 9.17) is 4.74 Å². The zero-order valence-corrected chi connectivity index (χ0v) is 12.7. The molecule has 2 aromatic heterocycles. The van der Waals surface area contributed by atoms with Gasteiger partial charge in [-0.15, -0.1) is 0 Å². The average Bonchev–Trinajstić information content (AvgIpc) is 2.95. The summed E-state index contributed by atoms with van der Waals surface area (Å²) in [7, 11) is 1.78. The Labute approximate surface area is 127 Å². The lowest BCUT2D eigenvalue weighted by Crippen LogP contribution is -2.33. The van der Waals surface area contributed by atoms with Crippen LogP contribution in [0.2, 0.25) is 0 Å². The Morgan fingerprint density at radius 3 is 2.91 bits per heavy atom. The quantitative estimate of drug-likeness (QED) is 0.913. The Morgan fingerprint density at radius 1 is 1.45 bits per heavy atom. The number of pyridine rings is 1. The van der Waals surface area contributed by atoms with Crippen LogP contribution in [0.25, 0.3) is 11.0 Å². The normalized spacial score (nSPS) is 14.5. The zero-order chi connectivity index (χ0) is 15.9. The summed E-state index contributed by atoms with van der Waals surface area (Å²) in [5, 5.41) is 7.88. The number of amides is 2. The fourth-order valence-electron chi connectivity index (χ4n) is 2.59. The van der Waals surface area contributed by atoms with Crippen LogP contribution in [0, 0.1) is 13.8 Å². The van der Waals surface area contributed by atoms with Gasteiger partial charge in [0.1, 0.15) is 13.2 Å². The van der Waals surface area contributed by atoms with E-state index in [1.807, 2.05) is 19.9 Å². The predicted molar refractivity (Wildman–Crippen MR) is 79.5 cm³/mol. The van der Waals surface area contributed by atoms with Crippen molar-refractivity contribution in [2.75, 3.05) is 25.0 Å². The summed E-state index contributed by atoms with van der Waals surface area (Å²) in [6.45, 7) is 4.56. The van der Waals surface area contributed by atoms with Crippen molar-refractivity contribution in [2.24, 2.45) is 7.05 Å². The van der Waals surface area contributed by atoms with Crippen molar-refractivity contribution >= 4 is 28.9 Å². The number of aromatic nitrogens is 3. The topological polar surface area (TPSA) is 89.4 Å². The fraction of sp³-hybridized carbons (Fsp3) is 0.429. The Hall–Kier alpha value is -2.64. The zero-order valence-electron chi connectivity index (χ0n) is 12.7. The summed E-state index contributed by atoms with van der Waals surface area (Å²) >= 11 is 0. The summed E-state index contributed by atoms with van der Waals surface area (Å²) in [5.41, 5.74) is 2.60. The lowest BCUT2D eigenvalue weighted by atomic mass is 10.2. The number of anilines is 1. The van der Waals surface area contributed by atoms with E-state index in [1.54, 1.807) is 11.7 Å². The molecule has 0 atom stereocenters. The first-order chi connectivity index (χ1) is 10.5.